The summed E-state index contributed by atoms with van der Waals surface area (Å²) in [6, 6.07) is 10.1. The van der Waals surface area contributed by atoms with E-state index in [1.54, 1.807) is 0 Å². The van der Waals surface area contributed by atoms with Gasteiger partial charge in [0.15, 0.2) is 0 Å². The number of hydrogen-bond acceptors (Lipinski definition) is 3. The van der Waals surface area contributed by atoms with Crippen LogP contribution >= 0.6 is 0 Å². The van der Waals surface area contributed by atoms with Crippen LogP contribution in [0.3, 0.4) is 0 Å². The fraction of sp³-hybridized carbons (Fsp3) is 0.476. The number of rotatable bonds is 6. The van der Waals surface area contributed by atoms with Crippen LogP contribution in [0.25, 0.3) is 0 Å². The molecule has 4 rings (SSSR count). The van der Waals surface area contributed by atoms with E-state index in [-0.39, 0.29) is 54.0 Å². The highest BCUT2D eigenvalue weighted by atomic mass is 16.2. The number of fused-ring (bicyclic) bond motifs is 5. The van der Waals surface area contributed by atoms with Gasteiger partial charge in [0.1, 0.15) is 6.54 Å². The summed E-state index contributed by atoms with van der Waals surface area (Å²) in [7, 11) is 0. The van der Waals surface area contributed by atoms with Crippen LogP contribution in [0.5, 0.6) is 0 Å². The second-order valence-electron chi connectivity index (χ2n) is 7.76. The third-order valence-electron chi connectivity index (χ3n) is 5.98. The van der Waals surface area contributed by atoms with Crippen LogP contribution in [0.15, 0.2) is 42.5 Å². The lowest BCUT2D eigenvalue weighted by Gasteiger charge is -2.19. The van der Waals surface area contributed by atoms with E-state index in [1.807, 2.05) is 25.1 Å². The quantitative estimate of drug-likeness (QED) is 0.628. The normalized spacial score (nSPS) is 30.0. The first-order valence-electron chi connectivity index (χ1n) is 9.41. The number of aryl methyl sites for hydroxylation is 1. The maximum atomic E-state index is 12.6. The summed E-state index contributed by atoms with van der Waals surface area (Å²) in [6.07, 6.45) is 6.72. The number of amides is 3. The average Bonchev–Trinajstić information content (AvgIpc) is 3.31. The van der Waals surface area contributed by atoms with Gasteiger partial charge in [-0.15, -0.1) is 0 Å². The molecule has 5 unspecified atom stereocenters. The zero-order chi connectivity index (χ0) is 18.3. The van der Waals surface area contributed by atoms with E-state index in [4.69, 9.17) is 0 Å². The maximum absolute atomic E-state index is 12.6. The first-order valence-corrected chi connectivity index (χ1v) is 9.41. The Kier molecular flexibility index (Phi) is 4.39. The van der Waals surface area contributed by atoms with Crippen molar-refractivity contribution in [3.8, 4) is 0 Å². The van der Waals surface area contributed by atoms with Crippen molar-refractivity contribution in [3.05, 3.63) is 48.0 Å². The molecule has 3 aliphatic rings. The molecule has 2 bridgehead atoms. The molecule has 26 heavy (non-hydrogen) atoms. The van der Waals surface area contributed by atoms with Gasteiger partial charge in [-0.2, -0.15) is 0 Å². The van der Waals surface area contributed by atoms with Gasteiger partial charge in [0.2, 0.25) is 17.7 Å². The molecule has 5 nitrogen and oxygen atoms in total. The molecule has 0 aromatic heterocycles. The van der Waals surface area contributed by atoms with E-state index >= 15 is 0 Å². The Balaban J connectivity index is 1.30. The summed E-state index contributed by atoms with van der Waals surface area (Å²) in [5.74, 6) is -0.694. The molecular formula is C21H24N2O3. The minimum Gasteiger partial charge on any atom is -0.352 e. The summed E-state index contributed by atoms with van der Waals surface area (Å²) < 4.78 is 0. The lowest BCUT2D eigenvalue weighted by Crippen LogP contribution is -2.44. The van der Waals surface area contributed by atoms with E-state index < -0.39 is 0 Å². The van der Waals surface area contributed by atoms with Crippen LogP contribution < -0.4 is 5.32 Å². The minimum absolute atomic E-state index is 0.00661. The first-order chi connectivity index (χ1) is 12.5. The SMILES string of the molecule is CC(CCc1ccccc1)NC(=O)CN1C(=O)C2C3C=CC(C3)C2C1=O. The van der Waals surface area contributed by atoms with Gasteiger partial charge >= 0.3 is 0 Å². The molecule has 0 spiro atoms. The van der Waals surface area contributed by atoms with Gasteiger partial charge in [-0.25, -0.2) is 0 Å². The van der Waals surface area contributed by atoms with E-state index in [0.717, 1.165) is 19.3 Å². The topological polar surface area (TPSA) is 66.5 Å². The van der Waals surface area contributed by atoms with Crippen LogP contribution in [0.2, 0.25) is 0 Å². The highest BCUT2D eigenvalue weighted by Crippen LogP contribution is 2.52. The molecule has 1 aliphatic heterocycles. The summed E-state index contributed by atoms with van der Waals surface area (Å²) in [6.45, 7) is 1.80. The number of benzene rings is 1. The Hall–Kier alpha value is -2.43. The molecule has 5 atom stereocenters. The predicted octanol–water partition coefficient (Wildman–Crippen LogP) is 1.93. The highest BCUT2D eigenvalue weighted by molar-refractivity contribution is 6.08. The second kappa shape index (κ2) is 6.71. The molecule has 2 fully saturated rings. The smallest absolute Gasteiger partial charge is 0.240 e. The number of imide groups is 1. The first kappa shape index (κ1) is 17.0. The van der Waals surface area contributed by atoms with Crippen molar-refractivity contribution < 1.29 is 14.4 Å². The van der Waals surface area contributed by atoms with Crippen molar-refractivity contribution in [2.75, 3.05) is 6.54 Å². The standard InChI is InChI=1S/C21H24N2O3/c1-13(7-8-14-5-3-2-4-6-14)22-17(24)12-23-20(25)18-15-9-10-16(11-15)19(18)21(23)26/h2-6,9-10,13,15-16,18-19H,7-8,11-12H2,1H3,(H,22,24). The Bertz CT molecular complexity index is 728. The molecule has 1 aromatic rings. The zero-order valence-corrected chi connectivity index (χ0v) is 14.9. The number of likely N-dealkylation sites (tertiary alicyclic amines) is 1. The van der Waals surface area contributed by atoms with Gasteiger partial charge in [-0.3, -0.25) is 19.3 Å². The van der Waals surface area contributed by atoms with Gasteiger partial charge in [0.25, 0.3) is 0 Å². The lowest BCUT2D eigenvalue weighted by molar-refractivity contribution is -0.144. The Morgan fingerprint density at radius 1 is 1.12 bits per heavy atom. The number of hydrogen-bond donors (Lipinski definition) is 1. The molecule has 2 aliphatic carbocycles. The molecule has 1 heterocycles. The molecule has 1 aromatic carbocycles. The summed E-state index contributed by atoms with van der Waals surface area (Å²) >= 11 is 0. The van der Waals surface area contributed by atoms with Gasteiger partial charge in [0, 0.05) is 6.04 Å². The molecular weight excluding hydrogens is 328 g/mol. The molecule has 136 valence electrons. The van der Waals surface area contributed by atoms with E-state index in [9.17, 15) is 14.4 Å². The number of allylic oxidation sites excluding steroid dienone is 2. The van der Waals surface area contributed by atoms with Gasteiger partial charge < -0.3 is 5.32 Å². The Morgan fingerprint density at radius 2 is 1.73 bits per heavy atom. The van der Waals surface area contributed by atoms with Crippen LogP contribution in [-0.2, 0) is 20.8 Å². The average molecular weight is 352 g/mol. The van der Waals surface area contributed by atoms with Crippen LogP contribution in [-0.4, -0.2) is 35.2 Å². The summed E-state index contributed by atoms with van der Waals surface area (Å²) in [5.41, 5.74) is 1.23. The highest BCUT2D eigenvalue weighted by Gasteiger charge is 2.59. The lowest BCUT2D eigenvalue weighted by atomic mass is 9.85. The van der Waals surface area contributed by atoms with Gasteiger partial charge in [0.05, 0.1) is 11.8 Å². The summed E-state index contributed by atoms with van der Waals surface area (Å²) in [4.78, 5) is 38.7. The van der Waals surface area contributed by atoms with Crippen molar-refractivity contribution in [2.24, 2.45) is 23.7 Å². The molecule has 1 N–H and O–H groups in total. The zero-order valence-electron chi connectivity index (χ0n) is 14.9. The maximum Gasteiger partial charge on any atom is 0.240 e. The predicted molar refractivity (Wildman–Crippen MR) is 96.8 cm³/mol. The molecule has 1 saturated heterocycles. The van der Waals surface area contributed by atoms with Crippen molar-refractivity contribution in [2.45, 2.75) is 32.2 Å². The number of nitrogens with zero attached hydrogens (tertiary/aromatic N) is 1. The Morgan fingerprint density at radius 3 is 2.35 bits per heavy atom. The van der Waals surface area contributed by atoms with E-state index in [2.05, 4.69) is 29.6 Å². The molecule has 0 radical (unpaired) electrons. The van der Waals surface area contributed by atoms with Crippen LogP contribution in [0.1, 0.15) is 25.3 Å². The van der Waals surface area contributed by atoms with Crippen LogP contribution in [0, 0.1) is 23.7 Å². The van der Waals surface area contributed by atoms with Crippen molar-refractivity contribution in [3.63, 3.8) is 0 Å². The monoisotopic (exact) mass is 352 g/mol. The largest absolute Gasteiger partial charge is 0.352 e. The fourth-order valence-corrected chi connectivity index (χ4v) is 4.68. The third kappa shape index (κ3) is 2.96. The second-order valence-corrected chi connectivity index (χ2v) is 7.76. The molecule has 3 amide bonds. The number of nitrogens with one attached hydrogen (secondary N) is 1. The van der Waals surface area contributed by atoms with Crippen molar-refractivity contribution in [1.29, 1.82) is 0 Å². The molecule has 1 saturated carbocycles. The van der Waals surface area contributed by atoms with Crippen LogP contribution in [0.4, 0.5) is 0 Å². The number of carbonyl (C=O) groups excluding carboxylic acids is 3. The van der Waals surface area contributed by atoms with Gasteiger partial charge in [-0.05, 0) is 43.6 Å². The van der Waals surface area contributed by atoms with Crippen molar-refractivity contribution in [1.82, 2.24) is 10.2 Å². The molecule has 5 heteroatoms. The van der Waals surface area contributed by atoms with E-state index in [0.29, 0.717) is 0 Å². The van der Waals surface area contributed by atoms with E-state index in [1.165, 1.54) is 10.5 Å². The minimum atomic E-state index is -0.257. The number of carbonyl (C=O) groups is 3. The third-order valence-corrected chi connectivity index (χ3v) is 5.98. The van der Waals surface area contributed by atoms with Gasteiger partial charge in [-0.1, -0.05) is 42.5 Å². The fourth-order valence-electron chi connectivity index (χ4n) is 4.68. The Labute approximate surface area is 153 Å². The van der Waals surface area contributed by atoms with Crippen molar-refractivity contribution >= 4 is 17.7 Å². The summed E-state index contributed by atoms with van der Waals surface area (Å²) in [5, 5.41) is 2.92.